The number of aliphatic hydroxyl groups is 1. The number of carbonyl (C=O) groups excluding carboxylic acids is 1. The van der Waals surface area contributed by atoms with Gasteiger partial charge in [0.1, 0.15) is 11.4 Å². The molecule has 0 aliphatic carbocycles. The van der Waals surface area contributed by atoms with E-state index in [1.165, 1.54) is 28.4 Å². The summed E-state index contributed by atoms with van der Waals surface area (Å²) in [6, 6.07) is 6.80. The second kappa shape index (κ2) is 6.09. The topological polar surface area (TPSA) is 70.8 Å². The lowest BCUT2D eigenvalue weighted by molar-refractivity contribution is 0.0718. The van der Waals surface area contributed by atoms with Gasteiger partial charge in [-0.2, -0.15) is 0 Å². The molecule has 128 valence electrons. The lowest BCUT2D eigenvalue weighted by Gasteiger charge is -2.23. The quantitative estimate of drug-likeness (QED) is 0.778. The van der Waals surface area contributed by atoms with Gasteiger partial charge in [-0.3, -0.25) is 9.59 Å². The summed E-state index contributed by atoms with van der Waals surface area (Å²) in [6.07, 6.45) is 0.393. The molecule has 4 rings (SSSR count). The molecule has 1 aliphatic heterocycles. The van der Waals surface area contributed by atoms with Crippen LogP contribution in [-0.4, -0.2) is 29.1 Å². The monoisotopic (exact) mass is 359 g/mol. The number of carbonyl (C=O) groups is 1. The minimum Gasteiger partial charge on any atom is -0.450 e. The molecule has 7 heteroatoms. The number of benzene rings is 1. The van der Waals surface area contributed by atoms with Crippen molar-refractivity contribution in [2.24, 2.45) is 0 Å². The fourth-order valence-electron chi connectivity index (χ4n) is 3.21. The summed E-state index contributed by atoms with van der Waals surface area (Å²) in [7, 11) is 0. The molecule has 0 radical (unpaired) electrons. The minimum absolute atomic E-state index is 0.000415. The van der Waals surface area contributed by atoms with Crippen molar-refractivity contribution < 1.29 is 18.7 Å². The zero-order chi connectivity index (χ0) is 17.6. The van der Waals surface area contributed by atoms with Crippen LogP contribution in [0.1, 0.15) is 33.5 Å². The zero-order valence-corrected chi connectivity index (χ0v) is 13.9. The molecular formula is C18H14FNO4S. The fourth-order valence-corrected chi connectivity index (χ4v) is 4.05. The summed E-state index contributed by atoms with van der Waals surface area (Å²) in [5.74, 6) is -0.917. The average molecular weight is 359 g/mol. The van der Waals surface area contributed by atoms with E-state index in [4.69, 9.17) is 9.52 Å². The van der Waals surface area contributed by atoms with Gasteiger partial charge in [0.05, 0.1) is 17.0 Å². The molecule has 25 heavy (non-hydrogen) atoms. The van der Waals surface area contributed by atoms with Crippen molar-refractivity contribution >= 4 is 28.2 Å². The predicted molar refractivity (Wildman–Crippen MR) is 91.3 cm³/mol. The zero-order valence-electron chi connectivity index (χ0n) is 13.1. The molecule has 2 aromatic heterocycles. The van der Waals surface area contributed by atoms with Gasteiger partial charge in [-0.15, -0.1) is 11.3 Å². The van der Waals surface area contributed by atoms with Crippen LogP contribution in [0, 0.1) is 5.82 Å². The first-order chi connectivity index (χ1) is 12.1. The maximum absolute atomic E-state index is 13.6. The Bertz CT molecular complexity index is 1010. The van der Waals surface area contributed by atoms with Gasteiger partial charge < -0.3 is 14.4 Å². The second-order valence-electron chi connectivity index (χ2n) is 5.81. The highest BCUT2D eigenvalue weighted by atomic mass is 32.1. The van der Waals surface area contributed by atoms with Gasteiger partial charge in [0.25, 0.3) is 5.91 Å². The van der Waals surface area contributed by atoms with Crippen LogP contribution in [0.5, 0.6) is 0 Å². The van der Waals surface area contributed by atoms with E-state index in [0.717, 1.165) is 10.9 Å². The SMILES string of the molecule is O=C1c2oc3ccc(F)cc3c(=O)c2C(c2cccs2)N1CCCO. The molecule has 1 aliphatic rings. The minimum atomic E-state index is -0.571. The predicted octanol–water partition coefficient (Wildman–Crippen LogP) is 2.92. The average Bonchev–Trinajstić information content (AvgIpc) is 3.21. The smallest absolute Gasteiger partial charge is 0.290 e. The molecule has 0 bridgehead atoms. The van der Waals surface area contributed by atoms with Crippen molar-refractivity contribution in [3.8, 4) is 0 Å². The molecule has 0 saturated heterocycles. The van der Waals surface area contributed by atoms with Crippen molar-refractivity contribution in [1.29, 1.82) is 0 Å². The van der Waals surface area contributed by atoms with E-state index < -0.39 is 17.3 Å². The fraction of sp³-hybridized carbons (Fsp3) is 0.222. The number of rotatable bonds is 4. The molecule has 0 fully saturated rings. The van der Waals surface area contributed by atoms with E-state index in [1.807, 2.05) is 17.5 Å². The van der Waals surface area contributed by atoms with Gasteiger partial charge in [-0.1, -0.05) is 6.07 Å². The van der Waals surface area contributed by atoms with Gasteiger partial charge in [-0.05, 0) is 36.1 Å². The van der Waals surface area contributed by atoms with Gasteiger partial charge in [-0.25, -0.2) is 4.39 Å². The van der Waals surface area contributed by atoms with Crippen molar-refractivity contribution in [2.45, 2.75) is 12.5 Å². The molecule has 3 heterocycles. The normalized spacial score (nSPS) is 16.6. The second-order valence-corrected chi connectivity index (χ2v) is 6.79. The van der Waals surface area contributed by atoms with E-state index in [0.29, 0.717) is 13.0 Å². The Labute approximate surface area is 145 Å². The van der Waals surface area contributed by atoms with E-state index in [-0.39, 0.29) is 34.8 Å². The van der Waals surface area contributed by atoms with Crippen LogP contribution in [0.4, 0.5) is 4.39 Å². The van der Waals surface area contributed by atoms with Gasteiger partial charge >= 0.3 is 0 Å². The van der Waals surface area contributed by atoms with Crippen LogP contribution in [0.15, 0.2) is 44.9 Å². The van der Waals surface area contributed by atoms with E-state index >= 15 is 0 Å². The molecule has 1 atom stereocenters. The summed E-state index contributed by atoms with van der Waals surface area (Å²) in [4.78, 5) is 28.2. The number of aliphatic hydroxyl groups excluding tert-OH is 1. The Balaban J connectivity index is 1.97. The molecule has 0 spiro atoms. The van der Waals surface area contributed by atoms with E-state index in [2.05, 4.69) is 0 Å². The molecule has 1 N–H and O–H groups in total. The largest absolute Gasteiger partial charge is 0.450 e. The summed E-state index contributed by atoms with van der Waals surface area (Å²) >= 11 is 1.43. The van der Waals surface area contributed by atoms with E-state index in [1.54, 1.807) is 0 Å². The molecular weight excluding hydrogens is 345 g/mol. The lowest BCUT2D eigenvalue weighted by Crippen LogP contribution is -2.30. The molecule has 3 aromatic rings. The number of fused-ring (bicyclic) bond motifs is 2. The van der Waals surface area contributed by atoms with Crippen LogP contribution in [0.25, 0.3) is 11.0 Å². The van der Waals surface area contributed by atoms with E-state index in [9.17, 15) is 14.0 Å². The third-order valence-corrected chi connectivity index (χ3v) is 5.22. The van der Waals surface area contributed by atoms with Crippen molar-refractivity contribution in [3.05, 3.63) is 68.0 Å². The van der Waals surface area contributed by atoms with Crippen LogP contribution in [0.3, 0.4) is 0 Å². The summed E-state index contributed by atoms with van der Waals surface area (Å²) < 4.78 is 19.3. The molecule has 1 aromatic carbocycles. The number of thiophene rings is 1. The number of nitrogens with zero attached hydrogens (tertiary/aromatic N) is 1. The van der Waals surface area contributed by atoms with Gasteiger partial charge in [0, 0.05) is 18.0 Å². The first kappa shape index (κ1) is 16.0. The lowest BCUT2D eigenvalue weighted by atomic mass is 10.0. The standard InChI is InChI=1S/C18H14FNO4S/c19-10-4-5-12-11(9-10)16(22)14-15(13-3-1-8-25-13)20(6-2-7-21)18(23)17(14)24-12/h1,3-5,8-9,15,21H,2,6-7H2. The third kappa shape index (κ3) is 2.47. The maximum Gasteiger partial charge on any atom is 0.290 e. The van der Waals surface area contributed by atoms with Gasteiger partial charge in [0.15, 0.2) is 5.43 Å². The molecule has 1 amide bonds. The number of hydrogen-bond acceptors (Lipinski definition) is 5. The summed E-state index contributed by atoms with van der Waals surface area (Å²) in [5, 5.41) is 11.1. The number of amides is 1. The van der Waals surface area contributed by atoms with Gasteiger partial charge in [0.2, 0.25) is 5.76 Å². The van der Waals surface area contributed by atoms with Crippen LogP contribution in [0.2, 0.25) is 0 Å². The maximum atomic E-state index is 13.6. The highest BCUT2D eigenvalue weighted by Crippen LogP contribution is 2.39. The Hall–Kier alpha value is -2.51. The number of hydrogen-bond donors (Lipinski definition) is 1. The Kier molecular flexibility index (Phi) is 3.89. The number of halogens is 1. The van der Waals surface area contributed by atoms with Crippen LogP contribution >= 0.6 is 11.3 Å². The Morgan fingerprint density at radius 1 is 1.28 bits per heavy atom. The first-order valence-electron chi connectivity index (χ1n) is 7.83. The van der Waals surface area contributed by atoms with Crippen molar-refractivity contribution in [1.82, 2.24) is 4.90 Å². The molecule has 0 saturated carbocycles. The van der Waals surface area contributed by atoms with Crippen molar-refractivity contribution in [2.75, 3.05) is 13.2 Å². The molecule has 5 nitrogen and oxygen atoms in total. The Morgan fingerprint density at radius 2 is 2.12 bits per heavy atom. The highest BCUT2D eigenvalue weighted by molar-refractivity contribution is 7.10. The van der Waals surface area contributed by atoms with Crippen molar-refractivity contribution in [3.63, 3.8) is 0 Å². The summed E-state index contributed by atoms with van der Waals surface area (Å²) in [5.41, 5.74) is 0.0323. The summed E-state index contributed by atoms with van der Waals surface area (Å²) in [6.45, 7) is 0.234. The highest BCUT2D eigenvalue weighted by Gasteiger charge is 2.42. The van der Waals surface area contributed by atoms with Crippen LogP contribution < -0.4 is 5.43 Å². The first-order valence-corrected chi connectivity index (χ1v) is 8.71. The van der Waals surface area contributed by atoms with Crippen LogP contribution in [-0.2, 0) is 0 Å². The Morgan fingerprint density at radius 3 is 2.84 bits per heavy atom. The molecule has 1 unspecified atom stereocenters. The third-order valence-electron chi connectivity index (χ3n) is 4.30.